The molecule has 1 aliphatic rings. The molecule has 0 bridgehead atoms. The highest BCUT2D eigenvalue weighted by Gasteiger charge is 2.37. The zero-order valence-electron chi connectivity index (χ0n) is 18.4. The number of aromatic nitrogens is 1. The van der Waals surface area contributed by atoms with Gasteiger partial charge < -0.3 is 30.4 Å². The Balaban J connectivity index is 1.80. The number of benzene rings is 1. The summed E-state index contributed by atoms with van der Waals surface area (Å²) in [6, 6.07) is 4.29. The van der Waals surface area contributed by atoms with Crippen LogP contribution in [0, 0.1) is 6.92 Å². The van der Waals surface area contributed by atoms with Gasteiger partial charge in [0.1, 0.15) is 17.8 Å². The van der Waals surface area contributed by atoms with Crippen LogP contribution in [-0.4, -0.2) is 41.3 Å². The topological polar surface area (TPSA) is 142 Å². The number of nitrogen functional groups attached to an aromatic ring is 1. The minimum atomic E-state index is -0.933. The lowest BCUT2D eigenvalue weighted by Crippen LogP contribution is -2.45. The van der Waals surface area contributed by atoms with Gasteiger partial charge in [-0.25, -0.2) is 0 Å². The van der Waals surface area contributed by atoms with Crippen molar-refractivity contribution in [3.05, 3.63) is 57.0 Å². The van der Waals surface area contributed by atoms with Crippen molar-refractivity contribution in [2.24, 2.45) is 0 Å². The van der Waals surface area contributed by atoms with Crippen LogP contribution in [0.4, 0.5) is 11.4 Å². The predicted molar refractivity (Wildman–Crippen MR) is 122 cm³/mol. The van der Waals surface area contributed by atoms with Crippen LogP contribution in [-0.2, 0) is 19.1 Å². The summed E-state index contributed by atoms with van der Waals surface area (Å²) >= 11 is 5.97. The number of rotatable bonds is 7. The molecule has 1 aromatic heterocycles. The van der Waals surface area contributed by atoms with E-state index in [0.29, 0.717) is 17.9 Å². The number of hydrogen-bond donors (Lipinski definition) is 3. The highest BCUT2D eigenvalue weighted by atomic mass is 35.5. The molecule has 1 aromatic carbocycles. The number of amides is 2. The fourth-order valence-corrected chi connectivity index (χ4v) is 3.56. The summed E-state index contributed by atoms with van der Waals surface area (Å²) in [7, 11) is 0. The van der Waals surface area contributed by atoms with Gasteiger partial charge in [0.05, 0.1) is 17.1 Å². The second-order valence-corrected chi connectivity index (χ2v) is 8.05. The minimum Gasteiger partial charge on any atom is -0.433 e. The van der Waals surface area contributed by atoms with Gasteiger partial charge in [0.2, 0.25) is 12.2 Å². The van der Waals surface area contributed by atoms with Gasteiger partial charge in [-0.15, -0.1) is 0 Å². The van der Waals surface area contributed by atoms with Gasteiger partial charge in [-0.3, -0.25) is 19.2 Å². The molecule has 2 heterocycles. The van der Waals surface area contributed by atoms with Crippen molar-refractivity contribution in [1.29, 1.82) is 0 Å². The molecule has 3 rings (SSSR count). The number of esters is 1. The molecule has 33 heavy (non-hydrogen) atoms. The largest absolute Gasteiger partial charge is 0.433 e. The first-order valence-electron chi connectivity index (χ1n) is 10.3. The number of ether oxygens (including phenoxy) is 2. The molecule has 0 aliphatic carbocycles. The zero-order chi connectivity index (χ0) is 24.3. The minimum absolute atomic E-state index is 0.000771. The van der Waals surface area contributed by atoms with Gasteiger partial charge in [-0.05, 0) is 50.6 Å². The van der Waals surface area contributed by atoms with Crippen molar-refractivity contribution >= 4 is 40.8 Å². The molecule has 11 heteroatoms. The van der Waals surface area contributed by atoms with E-state index in [9.17, 15) is 19.2 Å². The molecule has 10 nitrogen and oxygen atoms in total. The predicted octanol–water partition coefficient (Wildman–Crippen LogP) is 2.00. The first-order chi connectivity index (χ1) is 15.6. The molecule has 4 N–H and O–H groups in total. The van der Waals surface area contributed by atoms with E-state index in [1.807, 2.05) is 0 Å². The Hall–Kier alpha value is -3.37. The SMILES string of the molecule is CCOC1OC(=O)C[C@@H]1NC(=O)C(C)n1cc(C)cc(NC(=O)c2ccc(N)c(Cl)c2)c1=O. The molecular formula is C22H25ClN4O6. The molecule has 0 radical (unpaired) electrons. The summed E-state index contributed by atoms with van der Waals surface area (Å²) in [5.41, 5.74) is 6.29. The second-order valence-electron chi connectivity index (χ2n) is 7.64. The summed E-state index contributed by atoms with van der Waals surface area (Å²) < 4.78 is 11.6. The first kappa shape index (κ1) is 24.3. The molecular weight excluding hydrogens is 452 g/mol. The van der Waals surface area contributed by atoms with E-state index in [4.69, 9.17) is 26.8 Å². The highest BCUT2D eigenvalue weighted by molar-refractivity contribution is 6.33. The summed E-state index contributed by atoms with van der Waals surface area (Å²) in [5.74, 6) is -1.53. The molecule has 3 atom stereocenters. The Morgan fingerprint density at radius 2 is 2.06 bits per heavy atom. The average Bonchev–Trinajstić information content (AvgIpc) is 3.10. The Bertz CT molecular complexity index is 1150. The quantitative estimate of drug-likeness (QED) is 0.409. The standard InChI is InChI=1S/C22H25ClN4O6/c1-4-32-22-17(9-18(28)33-22)26-19(29)12(3)27-10-11(2)7-16(21(27)31)25-20(30)13-5-6-15(24)14(23)8-13/h5-8,10,12,17,22H,4,9,24H2,1-3H3,(H,25,30)(H,26,29)/t12?,17-,22?/m0/s1. The first-order valence-corrected chi connectivity index (χ1v) is 10.7. The van der Waals surface area contributed by atoms with Gasteiger partial charge in [0.15, 0.2) is 0 Å². The van der Waals surface area contributed by atoms with Crippen LogP contribution in [0.5, 0.6) is 0 Å². The lowest BCUT2D eigenvalue weighted by Gasteiger charge is -2.22. The highest BCUT2D eigenvalue weighted by Crippen LogP contribution is 2.21. The molecule has 1 aliphatic heterocycles. The van der Waals surface area contributed by atoms with Crippen LogP contribution in [0.25, 0.3) is 0 Å². The van der Waals surface area contributed by atoms with E-state index in [0.717, 1.165) is 0 Å². The number of nitrogens with two attached hydrogens (primary N) is 1. The number of aryl methyl sites for hydroxylation is 1. The maximum Gasteiger partial charge on any atom is 0.310 e. The Morgan fingerprint density at radius 3 is 2.73 bits per heavy atom. The molecule has 1 saturated heterocycles. The van der Waals surface area contributed by atoms with Crippen LogP contribution >= 0.6 is 11.6 Å². The fraction of sp³-hybridized carbons (Fsp3) is 0.364. The average molecular weight is 477 g/mol. The molecule has 0 spiro atoms. The third-order valence-electron chi connectivity index (χ3n) is 5.11. The molecule has 1 fully saturated rings. The monoisotopic (exact) mass is 476 g/mol. The maximum absolute atomic E-state index is 13.0. The van der Waals surface area contributed by atoms with Crippen molar-refractivity contribution in [3.63, 3.8) is 0 Å². The Morgan fingerprint density at radius 1 is 1.33 bits per heavy atom. The number of carbonyl (C=O) groups is 3. The normalized spacial score (nSPS) is 18.5. The number of pyridine rings is 1. The van der Waals surface area contributed by atoms with E-state index >= 15 is 0 Å². The van der Waals surface area contributed by atoms with Crippen molar-refractivity contribution < 1.29 is 23.9 Å². The number of carbonyl (C=O) groups excluding carboxylic acids is 3. The summed E-state index contributed by atoms with van der Waals surface area (Å²) in [5, 5.41) is 5.48. The van der Waals surface area contributed by atoms with E-state index in [2.05, 4.69) is 10.6 Å². The van der Waals surface area contributed by atoms with E-state index in [-0.39, 0.29) is 22.7 Å². The van der Waals surface area contributed by atoms with Crippen molar-refractivity contribution in [2.75, 3.05) is 17.7 Å². The van der Waals surface area contributed by atoms with Crippen LogP contribution in [0.1, 0.15) is 42.2 Å². The third kappa shape index (κ3) is 5.52. The van der Waals surface area contributed by atoms with Crippen LogP contribution in [0.15, 0.2) is 35.3 Å². The van der Waals surface area contributed by atoms with E-state index < -0.39 is 41.7 Å². The van der Waals surface area contributed by atoms with Gasteiger partial charge in [-0.2, -0.15) is 0 Å². The molecule has 0 saturated carbocycles. The smallest absolute Gasteiger partial charge is 0.310 e. The molecule has 2 amide bonds. The number of halogens is 1. The Kier molecular flexibility index (Phi) is 7.39. The van der Waals surface area contributed by atoms with Crippen LogP contribution in [0.2, 0.25) is 5.02 Å². The number of nitrogens with one attached hydrogen (secondary N) is 2. The van der Waals surface area contributed by atoms with Gasteiger partial charge >= 0.3 is 5.97 Å². The summed E-state index contributed by atoms with van der Waals surface area (Å²) in [6.45, 7) is 5.31. The molecule has 2 unspecified atom stereocenters. The fourth-order valence-electron chi connectivity index (χ4n) is 3.38. The van der Waals surface area contributed by atoms with E-state index in [1.54, 1.807) is 13.8 Å². The maximum atomic E-state index is 13.0. The molecule has 2 aromatic rings. The lowest BCUT2D eigenvalue weighted by atomic mass is 10.1. The van der Waals surface area contributed by atoms with Gasteiger partial charge in [0, 0.05) is 18.4 Å². The van der Waals surface area contributed by atoms with Gasteiger partial charge in [-0.1, -0.05) is 11.6 Å². The number of cyclic esters (lactones) is 1. The van der Waals surface area contributed by atoms with Crippen LogP contribution < -0.4 is 21.9 Å². The van der Waals surface area contributed by atoms with Crippen LogP contribution in [0.3, 0.4) is 0 Å². The van der Waals surface area contributed by atoms with Crippen molar-refractivity contribution in [1.82, 2.24) is 9.88 Å². The van der Waals surface area contributed by atoms with Crippen molar-refractivity contribution in [2.45, 2.75) is 45.6 Å². The summed E-state index contributed by atoms with van der Waals surface area (Å²) in [4.78, 5) is 50.1. The Labute approximate surface area is 195 Å². The lowest BCUT2D eigenvalue weighted by molar-refractivity contribution is -0.164. The molecule has 176 valence electrons. The third-order valence-corrected chi connectivity index (χ3v) is 5.44. The number of nitrogens with zero attached hydrogens (tertiary/aromatic N) is 1. The van der Waals surface area contributed by atoms with Gasteiger partial charge in [0.25, 0.3) is 11.5 Å². The zero-order valence-corrected chi connectivity index (χ0v) is 19.1. The number of hydrogen-bond acceptors (Lipinski definition) is 7. The second kappa shape index (κ2) is 10.1. The summed E-state index contributed by atoms with van der Waals surface area (Å²) in [6.07, 6.45) is 0.602. The number of anilines is 2. The van der Waals surface area contributed by atoms with Crippen molar-refractivity contribution in [3.8, 4) is 0 Å². The van der Waals surface area contributed by atoms with E-state index in [1.165, 1.54) is 42.0 Å².